The van der Waals surface area contributed by atoms with Gasteiger partial charge in [0, 0.05) is 23.7 Å². The van der Waals surface area contributed by atoms with Gasteiger partial charge in [0.15, 0.2) is 0 Å². The van der Waals surface area contributed by atoms with Crippen molar-refractivity contribution in [3.63, 3.8) is 0 Å². The van der Waals surface area contributed by atoms with Gasteiger partial charge in [-0.05, 0) is 32.9 Å². The number of halogens is 2. The van der Waals surface area contributed by atoms with Gasteiger partial charge in [-0.3, -0.25) is 10.1 Å². The molecule has 3 atom stereocenters. The number of rotatable bonds is 4. The predicted molar refractivity (Wildman–Crippen MR) is 95.8 cm³/mol. The highest BCUT2D eigenvalue weighted by Crippen LogP contribution is 2.35. The first-order chi connectivity index (χ1) is 9.03. The number of likely N-dealkylation sites (N-methyl/N-ethyl adjacent to an activating group) is 1. The van der Waals surface area contributed by atoms with Crippen molar-refractivity contribution >= 4 is 42.5 Å². The number of hydrogen-bond acceptors (Lipinski definition) is 4. The van der Waals surface area contributed by atoms with Crippen molar-refractivity contribution in [2.75, 3.05) is 32.3 Å². The van der Waals surface area contributed by atoms with Crippen LogP contribution in [-0.2, 0) is 4.79 Å². The second-order valence-corrected chi connectivity index (χ2v) is 7.34. The Labute approximate surface area is 145 Å². The summed E-state index contributed by atoms with van der Waals surface area (Å²) in [5, 5.41) is 6.41. The maximum absolute atomic E-state index is 12.1. The second-order valence-electron chi connectivity index (χ2n) is 6.31. The average molecular weight is 358 g/mol. The van der Waals surface area contributed by atoms with Crippen molar-refractivity contribution < 1.29 is 4.79 Å². The average Bonchev–Trinajstić information content (AvgIpc) is 2.89. The molecule has 1 heterocycles. The first kappa shape index (κ1) is 21.3. The Bertz CT molecular complexity index is 327. The fourth-order valence-electron chi connectivity index (χ4n) is 3.30. The van der Waals surface area contributed by atoms with Gasteiger partial charge in [0.25, 0.3) is 0 Å². The highest BCUT2D eigenvalue weighted by atomic mass is 35.5. The van der Waals surface area contributed by atoms with Crippen molar-refractivity contribution in [2.45, 2.75) is 44.2 Å². The molecular weight excluding hydrogens is 329 g/mol. The maximum Gasteiger partial charge on any atom is 0.238 e. The predicted octanol–water partition coefficient (Wildman–Crippen LogP) is 2.12. The number of amides is 1. The standard InChI is InChI=1S/C14H27N3OS.2ClH/c1-11-5-4-6-14(7-11,17(2)3)9-15-13(18)12-8-19-10-16-12;;/h11-12,16H,4-10H2,1-3H3,(H,15,18);2*1H. The van der Waals surface area contributed by atoms with Crippen molar-refractivity contribution in [2.24, 2.45) is 5.92 Å². The van der Waals surface area contributed by atoms with Crippen molar-refractivity contribution in [1.29, 1.82) is 0 Å². The molecule has 1 aliphatic heterocycles. The Morgan fingerprint density at radius 1 is 1.43 bits per heavy atom. The van der Waals surface area contributed by atoms with E-state index < -0.39 is 0 Å². The summed E-state index contributed by atoms with van der Waals surface area (Å²) in [6, 6.07) is 0.00484. The summed E-state index contributed by atoms with van der Waals surface area (Å²) >= 11 is 1.80. The molecular formula is C14H29Cl2N3OS. The molecule has 2 rings (SSSR count). The Balaban J connectivity index is 0.00000200. The van der Waals surface area contributed by atoms with Crippen molar-refractivity contribution in [3.05, 3.63) is 0 Å². The molecule has 1 amide bonds. The smallest absolute Gasteiger partial charge is 0.238 e. The van der Waals surface area contributed by atoms with Gasteiger partial charge in [-0.2, -0.15) is 0 Å². The molecule has 126 valence electrons. The molecule has 0 bridgehead atoms. The second kappa shape index (κ2) is 9.46. The van der Waals surface area contributed by atoms with Crippen LogP contribution in [0, 0.1) is 5.92 Å². The molecule has 3 unspecified atom stereocenters. The van der Waals surface area contributed by atoms with Crippen LogP contribution >= 0.6 is 36.6 Å². The van der Waals surface area contributed by atoms with Crippen LogP contribution in [0.25, 0.3) is 0 Å². The molecule has 2 fully saturated rings. The van der Waals surface area contributed by atoms with Gasteiger partial charge in [-0.25, -0.2) is 0 Å². The quantitative estimate of drug-likeness (QED) is 0.808. The third-order valence-corrected chi connectivity index (χ3v) is 5.58. The van der Waals surface area contributed by atoms with Crippen molar-refractivity contribution in [1.82, 2.24) is 15.5 Å². The topological polar surface area (TPSA) is 44.4 Å². The summed E-state index contributed by atoms with van der Waals surface area (Å²) in [5.41, 5.74) is 0.152. The number of nitrogens with zero attached hydrogens (tertiary/aromatic N) is 1. The molecule has 0 aromatic heterocycles. The van der Waals surface area contributed by atoms with E-state index in [1.165, 1.54) is 25.7 Å². The van der Waals surface area contributed by atoms with Crippen LogP contribution < -0.4 is 10.6 Å². The maximum atomic E-state index is 12.1. The normalized spacial score (nSPS) is 32.2. The summed E-state index contributed by atoms with van der Waals surface area (Å²) in [5.74, 6) is 2.73. The fourth-order valence-corrected chi connectivity index (χ4v) is 4.24. The summed E-state index contributed by atoms with van der Waals surface area (Å²) < 4.78 is 0. The third kappa shape index (κ3) is 5.47. The lowest BCUT2D eigenvalue weighted by Crippen LogP contribution is -2.56. The van der Waals surface area contributed by atoms with Crippen LogP contribution in [-0.4, -0.2) is 54.7 Å². The number of carbonyl (C=O) groups excluding carboxylic acids is 1. The minimum atomic E-state index is 0. The molecule has 4 nitrogen and oxygen atoms in total. The zero-order valence-corrected chi connectivity index (χ0v) is 15.6. The van der Waals surface area contributed by atoms with Gasteiger partial charge in [0.2, 0.25) is 5.91 Å². The van der Waals surface area contributed by atoms with E-state index in [0.717, 1.165) is 24.1 Å². The van der Waals surface area contributed by atoms with E-state index in [2.05, 4.69) is 36.6 Å². The molecule has 1 aliphatic carbocycles. The summed E-state index contributed by atoms with van der Waals surface area (Å²) in [7, 11) is 4.29. The number of carbonyl (C=O) groups is 1. The molecule has 2 aliphatic rings. The van der Waals surface area contributed by atoms with Crippen molar-refractivity contribution in [3.8, 4) is 0 Å². The lowest BCUT2D eigenvalue weighted by molar-refractivity contribution is -0.123. The lowest BCUT2D eigenvalue weighted by atomic mass is 9.75. The first-order valence-corrected chi connectivity index (χ1v) is 8.45. The van der Waals surface area contributed by atoms with E-state index in [0.29, 0.717) is 0 Å². The molecule has 7 heteroatoms. The van der Waals surface area contributed by atoms with E-state index in [9.17, 15) is 4.79 Å². The van der Waals surface area contributed by atoms with E-state index >= 15 is 0 Å². The van der Waals surface area contributed by atoms with Gasteiger partial charge in [0.05, 0.1) is 6.04 Å². The van der Waals surface area contributed by atoms with Gasteiger partial charge in [-0.15, -0.1) is 36.6 Å². The van der Waals surface area contributed by atoms with Gasteiger partial charge < -0.3 is 10.2 Å². The van der Waals surface area contributed by atoms with E-state index in [-0.39, 0.29) is 42.3 Å². The lowest BCUT2D eigenvalue weighted by Gasteiger charge is -2.45. The van der Waals surface area contributed by atoms with E-state index in [1.54, 1.807) is 11.8 Å². The van der Waals surface area contributed by atoms with E-state index in [4.69, 9.17) is 0 Å². The number of nitrogens with one attached hydrogen (secondary N) is 2. The van der Waals surface area contributed by atoms with Gasteiger partial charge >= 0.3 is 0 Å². The van der Waals surface area contributed by atoms with Crippen LogP contribution in [0.2, 0.25) is 0 Å². The molecule has 0 aromatic carbocycles. The van der Waals surface area contributed by atoms with Crippen LogP contribution in [0.5, 0.6) is 0 Å². The molecule has 0 radical (unpaired) electrons. The summed E-state index contributed by atoms with van der Waals surface area (Å²) in [6.45, 7) is 3.11. The summed E-state index contributed by atoms with van der Waals surface area (Å²) in [6.07, 6.45) is 4.97. The molecule has 21 heavy (non-hydrogen) atoms. The largest absolute Gasteiger partial charge is 0.353 e. The molecule has 2 N–H and O–H groups in total. The van der Waals surface area contributed by atoms with Crippen LogP contribution in [0.3, 0.4) is 0 Å². The first-order valence-electron chi connectivity index (χ1n) is 7.30. The van der Waals surface area contributed by atoms with E-state index in [1.807, 2.05) is 0 Å². The molecule has 1 saturated carbocycles. The minimum absolute atomic E-state index is 0. The minimum Gasteiger partial charge on any atom is -0.353 e. The Kier molecular flexibility index (Phi) is 9.60. The van der Waals surface area contributed by atoms with Crippen LogP contribution in [0.4, 0.5) is 0 Å². The van der Waals surface area contributed by atoms with Gasteiger partial charge in [-0.1, -0.05) is 19.8 Å². The Morgan fingerprint density at radius 3 is 2.67 bits per heavy atom. The van der Waals surface area contributed by atoms with Gasteiger partial charge in [0.1, 0.15) is 0 Å². The number of thioether (sulfide) groups is 1. The zero-order chi connectivity index (χ0) is 13.9. The summed E-state index contributed by atoms with van der Waals surface area (Å²) in [4.78, 5) is 14.4. The molecule has 0 aromatic rings. The highest BCUT2D eigenvalue weighted by Gasteiger charge is 2.37. The highest BCUT2D eigenvalue weighted by molar-refractivity contribution is 7.99. The Hall–Kier alpha value is 0.320. The fraction of sp³-hybridized carbons (Fsp3) is 0.929. The zero-order valence-electron chi connectivity index (χ0n) is 13.2. The SMILES string of the molecule is CC1CCCC(CNC(=O)C2CSCN2)(N(C)C)C1.Cl.Cl. The van der Waals surface area contributed by atoms with Crippen LogP contribution in [0.15, 0.2) is 0 Å². The van der Waals surface area contributed by atoms with Crippen LogP contribution in [0.1, 0.15) is 32.6 Å². The third-order valence-electron chi connectivity index (χ3n) is 4.64. The number of hydrogen-bond donors (Lipinski definition) is 2. The molecule has 0 spiro atoms. The molecule has 1 saturated heterocycles. The monoisotopic (exact) mass is 357 g/mol. The Morgan fingerprint density at radius 2 is 2.14 bits per heavy atom.